The highest BCUT2D eigenvalue weighted by Gasteiger charge is 2.28. The van der Waals surface area contributed by atoms with Crippen LogP contribution in [-0.2, 0) is 4.79 Å². The van der Waals surface area contributed by atoms with E-state index in [1.807, 2.05) is 12.1 Å². The predicted molar refractivity (Wildman–Crippen MR) is 61.7 cm³/mol. The van der Waals surface area contributed by atoms with Crippen LogP contribution >= 0.6 is 0 Å². The normalized spacial score (nSPS) is 18.1. The number of hydrogen-bond acceptors (Lipinski definition) is 4. The van der Waals surface area contributed by atoms with E-state index in [-0.39, 0.29) is 5.91 Å². The first-order chi connectivity index (χ1) is 8.29. The number of aromatic nitrogens is 1. The number of hydrogen-bond donors (Lipinski definition) is 1. The van der Waals surface area contributed by atoms with Gasteiger partial charge in [0.15, 0.2) is 6.19 Å². The van der Waals surface area contributed by atoms with Gasteiger partial charge in [0.25, 0.3) is 0 Å². The summed E-state index contributed by atoms with van der Waals surface area (Å²) in [5.41, 5.74) is 3.09. The molecule has 0 atom stereocenters. The lowest BCUT2D eigenvalue weighted by Gasteiger charge is -2.30. The van der Waals surface area contributed by atoms with Gasteiger partial charge < -0.3 is 5.32 Å². The molecule has 2 aliphatic heterocycles. The lowest BCUT2D eigenvalue weighted by atomic mass is 9.91. The molecular formula is C12H10N4O. The van der Waals surface area contributed by atoms with Gasteiger partial charge in [0.1, 0.15) is 5.82 Å². The van der Waals surface area contributed by atoms with Crippen molar-refractivity contribution in [2.45, 2.75) is 6.42 Å². The fourth-order valence-electron chi connectivity index (χ4n) is 2.31. The van der Waals surface area contributed by atoms with Crippen molar-refractivity contribution in [1.29, 1.82) is 5.26 Å². The Morgan fingerprint density at radius 1 is 1.53 bits per heavy atom. The van der Waals surface area contributed by atoms with Crippen molar-refractivity contribution in [2.75, 3.05) is 18.0 Å². The molecular weight excluding hydrogens is 216 g/mol. The van der Waals surface area contributed by atoms with Crippen molar-refractivity contribution in [3.8, 4) is 6.19 Å². The summed E-state index contributed by atoms with van der Waals surface area (Å²) >= 11 is 0. The molecule has 1 amide bonds. The Labute approximate surface area is 98.4 Å². The molecule has 3 rings (SSSR count). The minimum absolute atomic E-state index is 0.0222. The minimum atomic E-state index is 0.0222. The summed E-state index contributed by atoms with van der Waals surface area (Å²) in [4.78, 5) is 17.1. The molecule has 0 bridgehead atoms. The number of amides is 1. The monoisotopic (exact) mass is 226 g/mol. The molecule has 1 aromatic rings. The van der Waals surface area contributed by atoms with Gasteiger partial charge in [-0.1, -0.05) is 0 Å². The van der Waals surface area contributed by atoms with Crippen LogP contribution in [0.3, 0.4) is 0 Å². The van der Waals surface area contributed by atoms with Crippen LogP contribution in [0.25, 0.3) is 5.57 Å². The van der Waals surface area contributed by atoms with Crippen LogP contribution in [0, 0.1) is 11.5 Å². The maximum atomic E-state index is 11.4. The number of pyridine rings is 1. The SMILES string of the molecule is N#CN1CC2=C(CNC(=O)C2)c2cccnc21. The van der Waals surface area contributed by atoms with E-state index in [0.717, 1.165) is 16.7 Å². The van der Waals surface area contributed by atoms with Crippen LogP contribution in [0.5, 0.6) is 0 Å². The first-order valence-electron chi connectivity index (χ1n) is 5.40. The van der Waals surface area contributed by atoms with Crippen molar-refractivity contribution in [1.82, 2.24) is 10.3 Å². The smallest absolute Gasteiger partial charge is 0.224 e. The van der Waals surface area contributed by atoms with E-state index in [1.54, 1.807) is 6.20 Å². The van der Waals surface area contributed by atoms with Crippen LogP contribution < -0.4 is 10.2 Å². The zero-order valence-electron chi connectivity index (χ0n) is 9.10. The number of carbonyl (C=O) groups excluding carboxylic acids is 1. The zero-order valence-corrected chi connectivity index (χ0v) is 9.10. The summed E-state index contributed by atoms with van der Waals surface area (Å²) in [7, 11) is 0. The van der Waals surface area contributed by atoms with Gasteiger partial charge in [-0.25, -0.2) is 4.98 Å². The Balaban J connectivity index is 2.16. The van der Waals surface area contributed by atoms with E-state index in [2.05, 4.69) is 16.5 Å². The molecule has 0 saturated carbocycles. The van der Waals surface area contributed by atoms with Crippen LogP contribution in [0.15, 0.2) is 23.9 Å². The standard InChI is InChI=1S/C12H10N4O/c13-7-16-6-8-4-11(17)15-5-10(8)9-2-1-3-14-12(9)16/h1-3H,4-6H2,(H,15,17). The molecule has 5 nitrogen and oxygen atoms in total. The largest absolute Gasteiger partial charge is 0.352 e. The second kappa shape index (κ2) is 3.59. The zero-order chi connectivity index (χ0) is 11.8. The van der Waals surface area contributed by atoms with Crippen molar-refractivity contribution >= 4 is 17.3 Å². The van der Waals surface area contributed by atoms with E-state index in [9.17, 15) is 4.79 Å². The highest BCUT2D eigenvalue weighted by Crippen LogP contribution is 2.34. The average Bonchev–Trinajstić information content (AvgIpc) is 2.37. The molecule has 5 heteroatoms. The van der Waals surface area contributed by atoms with Crippen molar-refractivity contribution in [3.63, 3.8) is 0 Å². The van der Waals surface area contributed by atoms with Gasteiger partial charge in [0.05, 0.1) is 13.0 Å². The summed E-state index contributed by atoms with van der Waals surface area (Å²) in [5.74, 6) is 0.707. The topological polar surface area (TPSA) is 69.0 Å². The molecule has 0 unspecified atom stereocenters. The maximum Gasteiger partial charge on any atom is 0.224 e. The van der Waals surface area contributed by atoms with Gasteiger partial charge in [0, 0.05) is 18.3 Å². The lowest BCUT2D eigenvalue weighted by Crippen LogP contribution is -2.37. The van der Waals surface area contributed by atoms with E-state index < -0.39 is 0 Å². The third-order valence-electron chi connectivity index (χ3n) is 3.10. The number of fused-ring (bicyclic) bond motifs is 2. The van der Waals surface area contributed by atoms with Gasteiger partial charge in [-0.05, 0) is 23.3 Å². The van der Waals surface area contributed by atoms with Crippen LogP contribution in [0.4, 0.5) is 5.82 Å². The minimum Gasteiger partial charge on any atom is -0.352 e. The molecule has 84 valence electrons. The van der Waals surface area contributed by atoms with Gasteiger partial charge in [-0.2, -0.15) is 5.26 Å². The number of nitrogens with zero attached hydrogens (tertiary/aromatic N) is 3. The second-order valence-electron chi connectivity index (χ2n) is 4.10. The van der Waals surface area contributed by atoms with Crippen LogP contribution in [-0.4, -0.2) is 24.0 Å². The molecule has 17 heavy (non-hydrogen) atoms. The van der Waals surface area contributed by atoms with E-state index in [0.29, 0.717) is 25.3 Å². The Hall–Kier alpha value is -2.35. The first-order valence-corrected chi connectivity index (χ1v) is 5.40. The van der Waals surface area contributed by atoms with Gasteiger partial charge >= 0.3 is 0 Å². The van der Waals surface area contributed by atoms with E-state index in [4.69, 9.17) is 5.26 Å². The van der Waals surface area contributed by atoms with E-state index >= 15 is 0 Å². The summed E-state index contributed by atoms with van der Waals surface area (Å²) in [6.45, 7) is 1.01. The second-order valence-corrected chi connectivity index (χ2v) is 4.10. The summed E-state index contributed by atoms with van der Waals surface area (Å²) < 4.78 is 0. The lowest BCUT2D eigenvalue weighted by molar-refractivity contribution is -0.120. The Bertz CT molecular complexity index is 570. The van der Waals surface area contributed by atoms with Crippen LogP contribution in [0.1, 0.15) is 12.0 Å². The Kier molecular flexibility index (Phi) is 2.08. The van der Waals surface area contributed by atoms with Gasteiger partial charge in [0.2, 0.25) is 5.91 Å². The maximum absolute atomic E-state index is 11.4. The third kappa shape index (κ3) is 1.46. The first kappa shape index (κ1) is 9.85. The molecule has 0 aliphatic carbocycles. The number of nitriles is 1. The summed E-state index contributed by atoms with van der Waals surface area (Å²) in [6.07, 6.45) is 4.17. The van der Waals surface area contributed by atoms with Gasteiger partial charge in [-0.3, -0.25) is 9.69 Å². The fraction of sp³-hybridized carbons (Fsp3) is 0.250. The Morgan fingerprint density at radius 2 is 2.41 bits per heavy atom. The quantitative estimate of drug-likeness (QED) is 0.660. The fourth-order valence-corrected chi connectivity index (χ4v) is 2.31. The molecule has 0 fully saturated rings. The number of rotatable bonds is 0. The summed E-state index contributed by atoms with van der Waals surface area (Å²) in [6, 6.07) is 3.79. The van der Waals surface area contributed by atoms with E-state index in [1.165, 1.54) is 4.90 Å². The molecule has 3 heterocycles. The number of nitrogens with one attached hydrogen (secondary N) is 1. The van der Waals surface area contributed by atoms with Gasteiger partial charge in [-0.15, -0.1) is 0 Å². The number of anilines is 1. The molecule has 0 spiro atoms. The molecule has 1 aromatic heterocycles. The molecule has 0 saturated heterocycles. The van der Waals surface area contributed by atoms with Crippen molar-refractivity contribution < 1.29 is 4.79 Å². The molecule has 0 radical (unpaired) electrons. The average molecular weight is 226 g/mol. The summed E-state index contributed by atoms with van der Waals surface area (Å²) in [5, 5.41) is 11.9. The molecule has 0 aromatic carbocycles. The predicted octanol–water partition coefficient (Wildman–Crippen LogP) is 0.656. The Morgan fingerprint density at radius 3 is 3.24 bits per heavy atom. The van der Waals surface area contributed by atoms with Crippen molar-refractivity contribution in [3.05, 3.63) is 29.5 Å². The highest BCUT2D eigenvalue weighted by atomic mass is 16.1. The highest BCUT2D eigenvalue weighted by molar-refractivity contribution is 5.92. The number of carbonyl (C=O) groups is 1. The molecule has 1 N–H and O–H groups in total. The van der Waals surface area contributed by atoms with Crippen molar-refractivity contribution in [2.24, 2.45) is 0 Å². The molecule has 2 aliphatic rings. The van der Waals surface area contributed by atoms with Crippen LogP contribution in [0.2, 0.25) is 0 Å². The third-order valence-corrected chi connectivity index (χ3v) is 3.10.